The maximum absolute atomic E-state index is 13.3. The summed E-state index contributed by atoms with van der Waals surface area (Å²) in [6.07, 6.45) is -3.35. The van der Waals surface area contributed by atoms with Crippen molar-refractivity contribution in [3.63, 3.8) is 0 Å². The molecule has 0 radical (unpaired) electrons. The Morgan fingerprint density at radius 3 is 2.50 bits per heavy atom. The SMILES string of the molecule is O=C(CCCCn1c(=O)c2ccccc2n(Cc2cccc(C(F)(F)F)c2)c1=O)NCc1cccs1. The fraction of sp³-hybridized carbons (Fsp3) is 0.269. The second-order valence-electron chi connectivity index (χ2n) is 8.35. The Morgan fingerprint density at radius 2 is 1.75 bits per heavy atom. The Hall–Kier alpha value is -3.66. The lowest BCUT2D eigenvalue weighted by Crippen LogP contribution is -2.40. The number of thiophene rings is 1. The van der Waals surface area contributed by atoms with E-state index in [1.807, 2.05) is 17.5 Å². The average Bonchev–Trinajstić information content (AvgIpc) is 3.38. The molecule has 0 aliphatic rings. The summed E-state index contributed by atoms with van der Waals surface area (Å²) in [5, 5.41) is 5.08. The highest BCUT2D eigenvalue weighted by Crippen LogP contribution is 2.29. The van der Waals surface area contributed by atoms with E-state index in [1.54, 1.807) is 35.6 Å². The predicted octanol–water partition coefficient (Wildman–Crippen LogP) is 4.78. The number of carbonyl (C=O) groups is 1. The largest absolute Gasteiger partial charge is 0.416 e. The van der Waals surface area contributed by atoms with Crippen molar-refractivity contribution in [3.05, 3.63) is 103 Å². The molecule has 0 unspecified atom stereocenters. The summed E-state index contributed by atoms with van der Waals surface area (Å²) in [6.45, 7) is 0.443. The molecule has 0 bridgehead atoms. The molecule has 0 aliphatic carbocycles. The molecule has 1 N–H and O–H groups in total. The first-order chi connectivity index (χ1) is 17.2. The third-order valence-corrected chi connectivity index (χ3v) is 6.68. The number of amides is 1. The highest BCUT2D eigenvalue weighted by atomic mass is 32.1. The number of nitrogens with one attached hydrogen (secondary N) is 1. The molecule has 2 aromatic carbocycles. The Morgan fingerprint density at radius 1 is 0.944 bits per heavy atom. The van der Waals surface area contributed by atoms with Gasteiger partial charge in [0.15, 0.2) is 0 Å². The summed E-state index contributed by atoms with van der Waals surface area (Å²) < 4.78 is 41.9. The molecule has 6 nitrogen and oxygen atoms in total. The van der Waals surface area contributed by atoms with Crippen LogP contribution in [0.3, 0.4) is 0 Å². The molecule has 0 atom stereocenters. The lowest BCUT2D eigenvalue weighted by molar-refractivity contribution is -0.137. The number of hydrogen-bond acceptors (Lipinski definition) is 4. The molecule has 0 fully saturated rings. The van der Waals surface area contributed by atoms with E-state index >= 15 is 0 Å². The van der Waals surface area contributed by atoms with Crippen molar-refractivity contribution in [2.24, 2.45) is 0 Å². The van der Waals surface area contributed by atoms with Crippen LogP contribution in [0.25, 0.3) is 10.9 Å². The van der Waals surface area contributed by atoms with Crippen LogP contribution in [0, 0.1) is 0 Å². The summed E-state index contributed by atoms with van der Waals surface area (Å²) in [4.78, 5) is 39.4. The van der Waals surface area contributed by atoms with Gasteiger partial charge in [-0.2, -0.15) is 13.2 Å². The minimum absolute atomic E-state index is 0.100. The van der Waals surface area contributed by atoms with Crippen molar-refractivity contribution in [3.8, 4) is 0 Å². The highest BCUT2D eigenvalue weighted by molar-refractivity contribution is 7.09. The van der Waals surface area contributed by atoms with Crippen molar-refractivity contribution in [1.29, 1.82) is 0 Å². The zero-order valence-corrected chi connectivity index (χ0v) is 20.1. The van der Waals surface area contributed by atoms with Gasteiger partial charge in [-0.25, -0.2) is 4.79 Å². The van der Waals surface area contributed by atoms with Crippen LogP contribution in [-0.4, -0.2) is 15.0 Å². The van der Waals surface area contributed by atoms with E-state index in [0.717, 1.165) is 21.6 Å². The third-order valence-electron chi connectivity index (χ3n) is 5.80. The summed E-state index contributed by atoms with van der Waals surface area (Å²) in [5.41, 5.74) is -1.21. The van der Waals surface area contributed by atoms with Crippen molar-refractivity contribution in [2.75, 3.05) is 0 Å². The van der Waals surface area contributed by atoms with E-state index in [1.165, 1.54) is 16.7 Å². The van der Waals surface area contributed by atoms with E-state index < -0.39 is 23.0 Å². The highest BCUT2D eigenvalue weighted by Gasteiger charge is 2.30. The number of nitrogens with zero attached hydrogens (tertiary/aromatic N) is 2. The van der Waals surface area contributed by atoms with Gasteiger partial charge >= 0.3 is 11.9 Å². The average molecular weight is 516 g/mol. The van der Waals surface area contributed by atoms with E-state index in [4.69, 9.17) is 0 Å². The van der Waals surface area contributed by atoms with Crippen LogP contribution in [0.2, 0.25) is 0 Å². The molecule has 0 saturated carbocycles. The first kappa shape index (κ1) is 25.4. The smallest absolute Gasteiger partial charge is 0.351 e. The molecule has 0 saturated heterocycles. The molecule has 2 heterocycles. The number of aromatic nitrogens is 2. The molecule has 4 aromatic rings. The first-order valence-electron chi connectivity index (χ1n) is 11.4. The van der Waals surface area contributed by atoms with E-state index in [0.29, 0.717) is 35.9 Å². The Balaban J connectivity index is 1.51. The topological polar surface area (TPSA) is 73.1 Å². The van der Waals surface area contributed by atoms with Gasteiger partial charge in [0, 0.05) is 17.8 Å². The number of carbonyl (C=O) groups excluding carboxylic acids is 1. The second kappa shape index (κ2) is 10.9. The lowest BCUT2D eigenvalue weighted by atomic mass is 10.1. The molecule has 10 heteroatoms. The number of hydrogen-bond donors (Lipinski definition) is 1. The first-order valence-corrected chi connectivity index (χ1v) is 12.3. The predicted molar refractivity (Wildman–Crippen MR) is 133 cm³/mol. The Labute approximate surface area is 208 Å². The van der Waals surface area contributed by atoms with Crippen LogP contribution in [0.1, 0.15) is 35.3 Å². The van der Waals surface area contributed by atoms with Gasteiger partial charge in [-0.1, -0.05) is 30.3 Å². The molecular formula is C26H24F3N3O3S. The van der Waals surface area contributed by atoms with Gasteiger partial charge in [-0.15, -0.1) is 11.3 Å². The molecule has 36 heavy (non-hydrogen) atoms. The summed E-state index contributed by atoms with van der Waals surface area (Å²) in [6, 6.07) is 15.2. The third kappa shape index (κ3) is 5.93. The monoisotopic (exact) mass is 515 g/mol. The molecule has 0 spiro atoms. The number of unbranched alkanes of at least 4 members (excludes halogenated alkanes) is 1. The number of halogens is 3. The van der Waals surface area contributed by atoms with Crippen molar-refractivity contribution < 1.29 is 18.0 Å². The molecule has 1 amide bonds. The Kier molecular flexibility index (Phi) is 7.73. The van der Waals surface area contributed by atoms with E-state index in [9.17, 15) is 27.6 Å². The summed E-state index contributed by atoms with van der Waals surface area (Å²) in [7, 11) is 0. The normalized spacial score (nSPS) is 11.6. The van der Waals surface area contributed by atoms with Gasteiger partial charge < -0.3 is 5.32 Å². The number of rotatable bonds is 9. The van der Waals surface area contributed by atoms with Crippen molar-refractivity contribution in [2.45, 2.75) is 45.1 Å². The van der Waals surface area contributed by atoms with Crippen LogP contribution in [0.15, 0.2) is 75.6 Å². The zero-order valence-electron chi connectivity index (χ0n) is 19.3. The summed E-state index contributed by atoms with van der Waals surface area (Å²) >= 11 is 1.55. The van der Waals surface area contributed by atoms with Crippen LogP contribution in [0.4, 0.5) is 13.2 Å². The molecule has 0 aliphatic heterocycles. The van der Waals surface area contributed by atoms with E-state index in [-0.39, 0.29) is 25.4 Å². The van der Waals surface area contributed by atoms with Crippen LogP contribution < -0.4 is 16.6 Å². The number of fused-ring (bicyclic) bond motifs is 1. The van der Waals surface area contributed by atoms with E-state index in [2.05, 4.69) is 5.32 Å². The fourth-order valence-electron chi connectivity index (χ4n) is 3.99. The van der Waals surface area contributed by atoms with Crippen LogP contribution in [0.5, 0.6) is 0 Å². The van der Waals surface area contributed by atoms with Crippen LogP contribution in [-0.2, 0) is 30.6 Å². The zero-order chi connectivity index (χ0) is 25.7. The number of alkyl halides is 3. The van der Waals surface area contributed by atoms with Gasteiger partial charge in [-0.05, 0) is 54.1 Å². The van der Waals surface area contributed by atoms with Gasteiger partial charge in [0.05, 0.1) is 29.6 Å². The minimum atomic E-state index is -4.50. The summed E-state index contributed by atoms with van der Waals surface area (Å²) in [5.74, 6) is -0.115. The molecule has 2 aromatic heterocycles. The molecular weight excluding hydrogens is 491 g/mol. The maximum Gasteiger partial charge on any atom is 0.416 e. The lowest BCUT2D eigenvalue weighted by Gasteiger charge is -2.15. The van der Waals surface area contributed by atoms with Gasteiger partial charge in [0.2, 0.25) is 5.91 Å². The number of benzene rings is 2. The van der Waals surface area contributed by atoms with Crippen molar-refractivity contribution in [1.82, 2.24) is 14.5 Å². The maximum atomic E-state index is 13.3. The molecule has 4 rings (SSSR count). The minimum Gasteiger partial charge on any atom is -0.351 e. The van der Waals surface area contributed by atoms with Crippen molar-refractivity contribution >= 4 is 28.1 Å². The van der Waals surface area contributed by atoms with Gasteiger partial charge in [0.1, 0.15) is 0 Å². The second-order valence-corrected chi connectivity index (χ2v) is 9.39. The fourth-order valence-corrected chi connectivity index (χ4v) is 4.64. The van der Waals surface area contributed by atoms with Gasteiger partial charge in [-0.3, -0.25) is 18.7 Å². The Bertz CT molecular complexity index is 1470. The van der Waals surface area contributed by atoms with Crippen LogP contribution >= 0.6 is 11.3 Å². The molecule has 188 valence electrons. The quantitative estimate of drug-likeness (QED) is 0.326. The standard InChI is InChI=1S/C26H24F3N3O3S/c27-26(28,29)19-8-5-7-18(15-19)17-32-22-11-2-1-10-21(22)24(34)31(25(32)35)13-4-3-12-23(33)30-16-20-9-6-14-36-20/h1-2,5-11,14-15H,3-4,12-13,16-17H2,(H,30,33). The van der Waals surface area contributed by atoms with Gasteiger partial charge in [0.25, 0.3) is 5.56 Å². The number of para-hydroxylation sites is 1.